The predicted octanol–water partition coefficient (Wildman–Crippen LogP) is 2.57. The number of hydrogen-bond donors (Lipinski definition) is 1. The minimum atomic E-state index is -0.267. The summed E-state index contributed by atoms with van der Waals surface area (Å²) < 4.78 is 2.04. The van der Waals surface area contributed by atoms with E-state index in [-0.39, 0.29) is 21.6 Å². The first kappa shape index (κ1) is 12.1. The van der Waals surface area contributed by atoms with Crippen LogP contribution in [0.4, 0.5) is 0 Å². The van der Waals surface area contributed by atoms with E-state index in [0.717, 1.165) is 25.7 Å². The number of rotatable bonds is 1. The first-order chi connectivity index (χ1) is 7.61. The summed E-state index contributed by atoms with van der Waals surface area (Å²) in [5.74, 6) is 0. The molecule has 1 aromatic heterocycles. The van der Waals surface area contributed by atoms with Crippen LogP contribution in [0.2, 0.25) is 0 Å². The first-order valence-electron chi connectivity index (χ1n) is 5.31. The fourth-order valence-electron chi connectivity index (χ4n) is 2.10. The van der Waals surface area contributed by atoms with E-state index in [0.29, 0.717) is 4.47 Å². The van der Waals surface area contributed by atoms with Gasteiger partial charge in [-0.15, -0.1) is 0 Å². The van der Waals surface area contributed by atoms with E-state index < -0.39 is 0 Å². The summed E-state index contributed by atoms with van der Waals surface area (Å²) in [4.78, 5) is 23.5. The number of hydrogen-bond acceptors (Lipinski definition) is 2. The Balaban J connectivity index is 2.48. The second kappa shape index (κ2) is 4.87. The van der Waals surface area contributed by atoms with Gasteiger partial charge in [0, 0.05) is 0 Å². The Morgan fingerprint density at radius 2 is 1.69 bits per heavy atom. The zero-order valence-electron chi connectivity index (χ0n) is 8.63. The van der Waals surface area contributed by atoms with Crippen molar-refractivity contribution in [3.05, 3.63) is 29.7 Å². The summed E-state index contributed by atoms with van der Waals surface area (Å²) >= 11 is 6.23. The molecule has 0 radical (unpaired) electrons. The van der Waals surface area contributed by atoms with Crippen molar-refractivity contribution >= 4 is 31.9 Å². The lowest BCUT2D eigenvalue weighted by molar-refractivity contribution is 0.315. The highest BCUT2D eigenvalue weighted by Crippen LogP contribution is 2.26. The maximum atomic E-state index is 12.0. The first-order valence-corrected chi connectivity index (χ1v) is 6.89. The average molecular weight is 352 g/mol. The third kappa shape index (κ3) is 2.18. The van der Waals surface area contributed by atoms with Gasteiger partial charge in [-0.3, -0.25) is 14.7 Å². The highest BCUT2D eigenvalue weighted by molar-refractivity contribution is 9.13. The molecule has 1 saturated carbocycles. The Kier molecular flexibility index (Phi) is 3.69. The fourth-order valence-corrected chi connectivity index (χ4v) is 2.73. The Morgan fingerprint density at radius 3 is 2.31 bits per heavy atom. The number of nitrogens with one attached hydrogen (secondary N) is 1. The topological polar surface area (TPSA) is 54.9 Å². The Labute approximate surface area is 109 Å². The molecule has 6 heteroatoms. The van der Waals surface area contributed by atoms with E-state index in [2.05, 4.69) is 37.0 Å². The van der Waals surface area contributed by atoms with Crippen molar-refractivity contribution in [2.45, 2.75) is 38.1 Å². The third-order valence-electron chi connectivity index (χ3n) is 2.96. The highest BCUT2D eigenvalue weighted by Gasteiger charge is 2.19. The smallest absolute Gasteiger partial charge is 0.267 e. The van der Waals surface area contributed by atoms with Crippen LogP contribution in [-0.2, 0) is 0 Å². The highest BCUT2D eigenvalue weighted by atomic mass is 79.9. The molecule has 1 fully saturated rings. The molecule has 2 rings (SSSR count). The minimum Gasteiger partial charge on any atom is -0.267 e. The molecule has 0 atom stereocenters. The van der Waals surface area contributed by atoms with Gasteiger partial charge in [-0.2, -0.15) is 0 Å². The number of H-pyrrole nitrogens is 1. The second-order valence-corrected chi connectivity index (χ2v) is 5.62. The maximum Gasteiger partial charge on any atom is 0.280 e. The van der Waals surface area contributed by atoms with E-state index in [4.69, 9.17) is 0 Å². The van der Waals surface area contributed by atoms with Gasteiger partial charge in [0.1, 0.15) is 8.95 Å². The second-order valence-electron chi connectivity index (χ2n) is 4.04. The summed E-state index contributed by atoms with van der Waals surface area (Å²) in [6.45, 7) is 0. The normalized spacial score (nSPS) is 17.6. The van der Waals surface area contributed by atoms with E-state index in [1.54, 1.807) is 0 Å². The van der Waals surface area contributed by atoms with E-state index in [9.17, 15) is 9.59 Å². The lowest BCUT2D eigenvalue weighted by Crippen LogP contribution is -2.34. The molecule has 0 aromatic carbocycles. The van der Waals surface area contributed by atoms with Gasteiger partial charge in [-0.25, -0.2) is 4.68 Å². The zero-order valence-corrected chi connectivity index (χ0v) is 11.8. The van der Waals surface area contributed by atoms with Crippen LogP contribution < -0.4 is 11.1 Å². The van der Waals surface area contributed by atoms with Crippen LogP contribution in [0.25, 0.3) is 0 Å². The van der Waals surface area contributed by atoms with Gasteiger partial charge in [0.05, 0.1) is 6.04 Å². The van der Waals surface area contributed by atoms with Gasteiger partial charge in [0.2, 0.25) is 0 Å². The molecule has 0 aliphatic heterocycles. The van der Waals surface area contributed by atoms with Crippen LogP contribution in [0.15, 0.2) is 18.5 Å². The molecule has 1 N–H and O–H groups in total. The van der Waals surface area contributed by atoms with Crippen LogP contribution in [-0.4, -0.2) is 9.78 Å². The van der Waals surface area contributed by atoms with E-state index in [1.165, 1.54) is 11.1 Å². The molecule has 1 aliphatic carbocycles. The zero-order chi connectivity index (χ0) is 11.7. The van der Waals surface area contributed by atoms with Crippen LogP contribution in [0.1, 0.15) is 38.1 Å². The molecule has 1 aromatic rings. The van der Waals surface area contributed by atoms with Crippen molar-refractivity contribution < 1.29 is 0 Å². The van der Waals surface area contributed by atoms with Crippen LogP contribution in [0, 0.1) is 0 Å². The molecule has 0 amide bonds. The summed E-state index contributed by atoms with van der Waals surface area (Å²) in [5, 5.41) is 2.63. The number of nitrogens with zero attached hydrogens (tertiary/aromatic N) is 1. The number of aromatic nitrogens is 2. The van der Waals surface area contributed by atoms with Gasteiger partial charge < -0.3 is 0 Å². The Bertz CT molecular complexity index is 501. The van der Waals surface area contributed by atoms with Crippen molar-refractivity contribution in [1.82, 2.24) is 9.78 Å². The quantitative estimate of drug-likeness (QED) is 0.845. The molecule has 0 bridgehead atoms. The van der Waals surface area contributed by atoms with Crippen LogP contribution in [0.5, 0.6) is 0 Å². The standard InChI is InChI=1S/C10H12Br2N2O2/c11-7-8(12)10(16)14(13-9(7)15)6-4-2-1-3-5-6/h6H,1-5H2,(H,13,15). The molecular formula is C10H12Br2N2O2. The lowest BCUT2D eigenvalue weighted by atomic mass is 9.96. The number of aromatic amines is 1. The largest absolute Gasteiger partial charge is 0.280 e. The van der Waals surface area contributed by atoms with E-state index in [1.807, 2.05) is 0 Å². The lowest BCUT2D eigenvalue weighted by Gasteiger charge is -2.23. The van der Waals surface area contributed by atoms with Gasteiger partial charge in [-0.1, -0.05) is 19.3 Å². The predicted molar refractivity (Wildman–Crippen MR) is 68.8 cm³/mol. The molecule has 16 heavy (non-hydrogen) atoms. The Hall–Kier alpha value is -0.360. The fraction of sp³-hybridized carbons (Fsp3) is 0.600. The summed E-state index contributed by atoms with van der Waals surface area (Å²) in [6.07, 6.45) is 5.38. The SMILES string of the molecule is O=c1[nH]n(C2CCCCC2)c(=O)c(Br)c1Br. The average Bonchev–Trinajstić information content (AvgIpc) is 2.32. The van der Waals surface area contributed by atoms with Gasteiger partial charge in [0.15, 0.2) is 0 Å². The van der Waals surface area contributed by atoms with Crippen LogP contribution >= 0.6 is 31.9 Å². The molecule has 4 nitrogen and oxygen atoms in total. The van der Waals surface area contributed by atoms with Crippen molar-refractivity contribution in [3.8, 4) is 0 Å². The molecule has 0 spiro atoms. The molecule has 88 valence electrons. The summed E-state index contributed by atoms with van der Waals surface area (Å²) in [5.41, 5.74) is -0.435. The molecule has 0 saturated heterocycles. The molecule has 1 aliphatic rings. The minimum absolute atomic E-state index is 0.137. The van der Waals surface area contributed by atoms with Crippen molar-refractivity contribution in [2.24, 2.45) is 0 Å². The van der Waals surface area contributed by atoms with Crippen molar-refractivity contribution in [1.29, 1.82) is 0 Å². The maximum absolute atomic E-state index is 12.0. The van der Waals surface area contributed by atoms with Crippen molar-refractivity contribution in [2.75, 3.05) is 0 Å². The third-order valence-corrected chi connectivity index (χ3v) is 4.98. The summed E-state index contributed by atoms with van der Waals surface area (Å²) in [7, 11) is 0. The van der Waals surface area contributed by atoms with Gasteiger partial charge >= 0.3 is 0 Å². The number of halogens is 2. The molecular weight excluding hydrogens is 340 g/mol. The van der Waals surface area contributed by atoms with Crippen molar-refractivity contribution in [3.63, 3.8) is 0 Å². The monoisotopic (exact) mass is 350 g/mol. The van der Waals surface area contributed by atoms with Crippen LogP contribution in [0.3, 0.4) is 0 Å². The molecule has 1 heterocycles. The summed E-state index contributed by atoms with van der Waals surface area (Å²) in [6, 6.07) is 0.137. The van der Waals surface area contributed by atoms with E-state index >= 15 is 0 Å². The van der Waals surface area contributed by atoms with Gasteiger partial charge in [-0.05, 0) is 44.7 Å². The molecule has 0 unspecified atom stereocenters. The van der Waals surface area contributed by atoms with Gasteiger partial charge in [0.25, 0.3) is 11.1 Å². The Morgan fingerprint density at radius 1 is 1.06 bits per heavy atom.